The van der Waals surface area contributed by atoms with Gasteiger partial charge in [-0.15, -0.1) is 0 Å². The van der Waals surface area contributed by atoms with Gasteiger partial charge in [0.25, 0.3) is 0 Å². The largest absolute Gasteiger partial charge is 0.322 e. The third-order valence-electron chi connectivity index (χ3n) is 3.21. The van der Waals surface area contributed by atoms with E-state index >= 15 is 0 Å². The van der Waals surface area contributed by atoms with E-state index in [4.69, 9.17) is 5.73 Å². The van der Waals surface area contributed by atoms with E-state index in [0.717, 1.165) is 16.8 Å². The van der Waals surface area contributed by atoms with Crippen molar-refractivity contribution in [2.45, 2.75) is 19.9 Å². The molecular weight excluding hydrogens is 240 g/mol. The molecule has 1 atom stereocenters. The van der Waals surface area contributed by atoms with Crippen LogP contribution in [-0.2, 0) is 11.8 Å². The topological polar surface area (TPSA) is 72.9 Å². The van der Waals surface area contributed by atoms with Gasteiger partial charge < -0.3 is 11.1 Å². The number of anilines is 1. The highest BCUT2D eigenvalue weighted by Crippen LogP contribution is 2.16. The Labute approximate surface area is 112 Å². The molecule has 0 aliphatic rings. The summed E-state index contributed by atoms with van der Waals surface area (Å²) in [5.74, 6) is -0.236. The predicted octanol–water partition coefficient (Wildman–Crippen LogP) is 1.68. The van der Waals surface area contributed by atoms with Gasteiger partial charge >= 0.3 is 0 Å². The van der Waals surface area contributed by atoms with E-state index in [9.17, 15) is 4.79 Å². The second-order valence-corrected chi connectivity index (χ2v) is 4.64. The number of hydrogen-bond donors (Lipinski definition) is 2. The maximum absolute atomic E-state index is 12.1. The predicted molar refractivity (Wildman–Crippen MR) is 74.7 cm³/mol. The molecule has 1 heterocycles. The summed E-state index contributed by atoms with van der Waals surface area (Å²) in [6.45, 7) is 3.88. The number of nitrogens with zero attached hydrogens (tertiary/aromatic N) is 2. The molecule has 0 bridgehead atoms. The first-order chi connectivity index (χ1) is 8.99. The first-order valence-electron chi connectivity index (χ1n) is 6.10. The van der Waals surface area contributed by atoms with Gasteiger partial charge in [-0.2, -0.15) is 5.10 Å². The molecule has 5 nitrogen and oxygen atoms in total. The van der Waals surface area contributed by atoms with Gasteiger partial charge in [-0.25, -0.2) is 0 Å². The van der Waals surface area contributed by atoms with Crippen molar-refractivity contribution in [3.05, 3.63) is 47.3 Å². The van der Waals surface area contributed by atoms with Crippen LogP contribution in [0.25, 0.3) is 0 Å². The van der Waals surface area contributed by atoms with Crippen LogP contribution in [0.1, 0.15) is 22.9 Å². The monoisotopic (exact) mass is 258 g/mol. The van der Waals surface area contributed by atoms with Crippen LogP contribution in [0, 0.1) is 13.8 Å². The molecule has 100 valence electrons. The number of nitrogens with one attached hydrogen (secondary N) is 1. The molecule has 0 aliphatic carbocycles. The number of aryl methyl sites for hydroxylation is 2. The molecule has 1 aromatic heterocycles. The van der Waals surface area contributed by atoms with Crippen LogP contribution in [0.4, 0.5) is 5.69 Å². The van der Waals surface area contributed by atoms with E-state index in [1.54, 1.807) is 10.9 Å². The average Bonchev–Trinajstić information content (AvgIpc) is 2.71. The normalized spacial score (nSPS) is 12.2. The molecule has 0 saturated carbocycles. The average molecular weight is 258 g/mol. The molecule has 3 N–H and O–H groups in total. The molecule has 0 saturated heterocycles. The number of amides is 1. The zero-order chi connectivity index (χ0) is 14.0. The Hall–Kier alpha value is -2.14. The molecule has 19 heavy (non-hydrogen) atoms. The summed E-state index contributed by atoms with van der Waals surface area (Å²) < 4.78 is 1.70. The van der Waals surface area contributed by atoms with Crippen LogP contribution < -0.4 is 11.1 Å². The Morgan fingerprint density at radius 1 is 1.32 bits per heavy atom. The molecule has 0 radical (unpaired) electrons. The Balaban J connectivity index is 2.11. The highest BCUT2D eigenvalue weighted by Gasteiger charge is 2.17. The Morgan fingerprint density at radius 3 is 2.47 bits per heavy atom. The number of benzene rings is 1. The van der Waals surface area contributed by atoms with Crippen LogP contribution in [0.15, 0.2) is 30.5 Å². The third kappa shape index (κ3) is 2.82. The molecule has 2 rings (SSSR count). The minimum atomic E-state index is -0.680. The summed E-state index contributed by atoms with van der Waals surface area (Å²) in [5.41, 5.74) is 9.47. The fourth-order valence-corrected chi connectivity index (χ4v) is 1.76. The summed E-state index contributed by atoms with van der Waals surface area (Å²) in [4.78, 5) is 12.1. The van der Waals surface area contributed by atoms with Gasteiger partial charge in [0.2, 0.25) is 5.91 Å². The maximum atomic E-state index is 12.1. The quantitative estimate of drug-likeness (QED) is 0.879. The van der Waals surface area contributed by atoms with Gasteiger partial charge in [-0.3, -0.25) is 9.48 Å². The van der Waals surface area contributed by atoms with E-state index in [1.165, 1.54) is 0 Å². The van der Waals surface area contributed by atoms with Crippen LogP contribution in [0.2, 0.25) is 0 Å². The lowest BCUT2D eigenvalue weighted by molar-refractivity contribution is -0.117. The first-order valence-corrected chi connectivity index (χ1v) is 6.10. The fourth-order valence-electron chi connectivity index (χ4n) is 1.76. The summed E-state index contributed by atoms with van der Waals surface area (Å²) in [6, 6.07) is 6.95. The number of nitrogens with two attached hydrogens (primary N) is 1. The van der Waals surface area contributed by atoms with Crippen molar-refractivity contribution in [1.29, 1.82) is 0 Å². The van der Waals surface area contributed by atoms with Gasteiger partial charge in [0.1, 0.15) is 6.04 Å². The zero-order valence-electron chi connectivity index (χ0n) is 11.3. The lowest BCUT2D eigenvalue weighted by Crippen LogP contribution is -2.27. The molecule has 5 heteroatoms. The number of hydrogen-bond acceptors (Lipinski definition) is 3. The Kier molecular flexibility index (Phi) is 3.66. The SMILES string of the molecule is Cc1ccc(C(N)C(=O)Nc2cnn(C)c2C)cc1. The smallest absolute Gasteiger partial charge is 0.245 e. The van der Waals surface area contributed by atoms with Gasteiger partial charge in [0, 0.05) is 7.05 Å². The molecule has 1 amide bonds. The lowest BCUT2D eigenvalue weighted by atomic mass is 10.1. The standard InChI is InChI=1S/C14H18N4O/c1-9-4-6-11(7-5-9)13(15)14(19)17-12-8-16-18(3)10(12)2/h4-8,13H,15H2,1-3H3,(H,17,19). The van der Waals surface area contributed by atoms with E-state index in [0.29, 0.717) is 5.69 Å². The lowest BCUT2D eigenvalue weighted by Gasteiger charge is -2.12. The molecule has 1 unspecified atom stereocenters. The molecule has 0 fully saturated rings. The van der Waals surface area contributed by atoms with E-state index < -0.39 is 6.04 Å². The van der Waals surface area contributed by atoms with Crippen molar-refractivity contribution in [2.24, 2.45) is 12.8 Å². The second-order valence-electron chi connectivity index (χ2n) is 4.64. The van der Waals surface area contributed by atoms with Crippen molar-refractivity contribution in [2.75, 3.05) is 5.32 Å². The number of rotatable bonds is 3. The minimum absolute atomic E-state index is 0.236. The molecule has 0 aliphatic heterocycles. The Bertz CT molecular complexity index is 586. The van der Waals surface area contributed by atoms with Crippen molar-refractivity contribution in [3.63, 3.8) is 0 Å². The summed E-state index contributed by atoms with van der Waals surface area (Å²) >= 11 is 0. The third-order valence-corrected chi connectivity index (χ3v) is 3.21. The summed E-state index contributed by atoms with van der Waals surface area (Å²) in [5, 5.41) is 6.87. The van der Waals surface area contributed by atoms with Crippen LogP contribution in [-0.4, -0.2) is 15.7 Å². The van der Waals surface area contributed by atoms with Crippen molar-refractivity contribution < 1.29 is 4.79 Å². The molecule has 2 aromatic rings. The number of carbonyl (C=O) groups is 1. The first kappa shape index (κ1) is 13.3. The van der Waals surface area contributed by atoms with Crippen molar-refractivity contribution in [3.8, 4) is 0 Å². The van der Waals surface area contributed by atoms with Crippen molar-refractivity contribution in [1.82, 2.24) is 9.78 Å². The maximum Gasteiger partial charge on any atom is 0.245 e. The summed E-state index contributed by atoms with van der Waals surface area (Å²) in [6.07, 6.45) is 1.62. The number of carbonyl (C=O) groups excluding carboxylic acids is 1. The van der Waals surface area contributed by atoms with Gasteiger partial charge in [0.15, 0.2) is 0 Å². The molecule has 1 aromatic carbocycles. The van der Waals surface area contributed by atoms with Gasteiger partial charge in [0.05, 0.1) is 17.6 Å². The molecule has 0 spiro atoms. The molecular formula is C14H18N4O. The minimum Gasteiger partial charge on any atom is -0.322 e. The zero-order valence-corrected chi connectivity index (χ0v) is 11.3. The van der Waals surface area contributed by atoms with Gasteiger partial charge in [-0.05, 0) is 19.4 Å². The van der Waals surface area contributed by atoms with Crippen LogP contribution in [0.5, 0.6) is 0 Å². The second kappa shape index (κ2) is 5.24. The van der Waals surface area contributed by atoms with Crippen LogP contribution in [0.3, 0.4) is 0 Å². The van der Waals surface area contributed by atoms with E-state index in [-0.39, 0.29) is 5.91 Å². The van der Waals surface area contributed by atoms with Gasteiger partial charge in [-0.1, -0.05) is 29.8 Å². The number of aromatic nitrogens is 2. The van der Waals surface area contributed by atoms with Crippen LogP contribution >= 0.6 is 0 Å². The highest BCUT2D eigenvalue weighted by atomic mass is 16.2. The fraction of sp³-hybridized carbons (Fsp3) is 0.286. The highest BCUT2D eigenvalue weighted by molar-refractivity contribution is 5.95. The van der Waals surface area contributed by atoms with E-state index in [1.807, 2.05) is 45.2 Å². The van der Waals surface area contributed by atoms with Crippen molar-refractivity contribution >= 4 is 11.6 Å². The van der Waals surface area contributed by atoms with E-state index in [2.05, 4.69) is 10.4 Å². The Morgan fingerprint density at radius 2 is 1.95 bits per heavy atom. The summed E-state index contributed by atoms with van der Waals surface area (Å²) in [7, 11) is 1.82.